The number of hydrogen-bond acceptors (Lipinski definition) is 3. The number of hydrogen-bond donors (Lipinski definition) is 1. The van der Waals surface area contributed by atoms with Crippen molar-refractivity contribution in [3.05, 3.63) is 77.6 Å². The Balaban J connectivity index is 1.69. The molecule has 128 valence electrons. The lowest BCUT2D eigenvalue weighted by atomic mass is 9.84. The predicted octanol–water partition coefficient (Wildman–Crippen LogP) is 4.98. The summed E-state index contributed by atoms with van der Waals surface area (Å²) in [6.07, 6.45) is 0. The molecule has 0 aliphatic rings. The summed E-state index contributed by atoms with van der Waals surface area (Å²) in [6, 6.07) is 18.7. The van der Waals surface area contributed by atoms with E-state index in [0.29, 0.717) is 6.54 Å². The fourth-order valence-electron chi connectivity index (χ4n) is 2.75. The fraction of sp³-hybridized carbons (Fsp3) is 0.238. The predicted molar refractivity (Wildman–Crippen MR) is 100 cm³/mol. The van der Waals surface area contributed by atoms with Crippen molar-refractivity contribution in [2.45, 2.75) is 26.2 Å². The van der Waals surface area contributed by atoms with Crippen molar-refractivity contribution in [1.29, 1.82) is 0 Å². The van der Waals surface area contributed by atoms with Gasteiger partial charge in [-0.2, -0.15) is 0 Å². The number of anilines is 1. The second-order valence-electron chi connectivity index (χ2n) is 6.86. The Kier molecular flexibility index (Phi) is 4.79. The minimum absolute atomic E-state index is 0.149. The first kappa shape index (κ1) is 17.1. The summed E-state index contributed by atoms with van der Waals surface area (Å²) < 4.78 is 13.1. The topological polar surface area (TPSA) is 37.8 Å². The summed E-state index contributed by atoms with van der Waals surface area (Å²) in [4.78, 5) is 0. The van der Waals surface area contributed by atoms with Crippen molar-refractivity contribution in [1.82, 2.24) is 10.2 Å². The maximum Gasteiger partial charge on any atom is 0.148 e. The Morgan fingerprint density at radius 3 is 2.28 bits per heavy atom. The van der Waals surface area contributed by atoms with Crippen LogP contribution >= 0.6 is 0 Å². The van der Waals surface area contributed by atoms with Crippen molar-refractivity contribution in [2.75, 3.05) is 11.9 Å². The molecular weight excluding hydrogens is 313 g/mol. The lowest BCUT2D eigenvalue weighted by Crippen LogP contribution is -2.28. The Bertz CT molecular complexity index is 840. The molecule has 1 aromatic heterocycles. The van der Waals surface area contributed by atoms with Crippen LogP contribution in [0.1, 0.15) is 25.0 Å². The maximum absolute atomic E-state index is 13.1. The molecule has 0 aliphatic carbocycles. The largest absolute Gasteiger partial charge is 0.368 e. The third-order valence-corrected chi connectivity index (χ3v) is 4.42. The van der Waals surface area contributed by atoms with E-state index in [4.69, 9.17) is 0 Å². The van der Waals surface area contributed by atoms with Gasteiger partial charge in [-0.1, -0.05) is 50.2 Å². The molecule has 4 heteroatoms. The molecule has 0 fully saturated rings. The molecule has 1 heterocycles. The van der Waals surface area contributed by atoms with Gasteiger partial charge in [0.2, 0.25) is 0 Å². The average molecular weight is 335 g/mol. The monoisotopic (exact) mass is 335 g/mol. The zero-order chi connectivity index (χ0) is 17.9. The second-order valence-corrected chi connectivity index (χ2v) is 6.86. The summed E-state index contributed by atoms with van der Waals surface area (Å²) in [7, 11) is 0. The molecule has 2 aromatic carbocycles. The summed E-state index contributed by atoms with van der Waals surface area (Å²) in [6.45, 7) is 6.97. The van der Waals surface area contributed by atoms with Gasteiger partial charge in [-0.3, -0.25) is 0 Å². The van der Waals surface area contributed by atoms with Crippen molar-refractivity contribution in [2.24, 2.45) is 0 Å². The molecule has 0 saturated heterocycles. The second kappa shape index (κ2) is 7.01. The highest BCUT2D eigenvalue weighted by Crippen LogP contribution is 2.24. The third-order valence-electron chi connectivity index (χ3n) is 4.42. The summed E-state index contributed by atoms with van der Waals surface area (Å²) >= 11 is 0. The summed E-state index contributed by atoms with van der Waals surface area (Å²) in [5.74, 6) is 0.512. The van der Waals surface area contributed by atoms with E-state index < -0.39 is 0 Å². The highest BCUT2D eigenvalue weighted by atomic mass is 19.1. The van der Waals surface area contributed by atoms with Crippen LogP contribution in [0.25, 0.3) is 11.3 Å². The van der Waals surface area contributed by atoms with Crippen LogP contribution in [-0.4, -0.2) is 16.7 Å². The molecule has 3 aromatic rings. The average Bonchev–Trinajstić information content (AvgIpc) is 2.61. The third kappa shape index (κ3) is 4.02. The van der Waals surface area contributed by atoms with Crippen molar-refractivity contribution in [3.8, 4) is 11.3 Å². The lowest BCUT2D eigenvalue weighted by Gasteiger charge is -2.25. The van der Waals surface area contributed by atoms with Crippen molar-refractivity contribution < 1.29 is 4.39 Å². The Morgan fingerprint density at radius 2 is 1.64 bits per heavy atom. The molecule has 0 saturated carbocycles. The van der Waals surface area contributed by atoms with Crippen LogP contribution in [0.2, 0.25) is 0 Å². The Labute approximate surface area is 147 Å². The van der Waals surface area contributed by atoms with Crippen LogP contribution in [0, 0.1) is 12.7 Å². The quantitative estimate of drug-likeness (QED) is 0.714. The van der Waals surface area contributed by atoms with Crippen LogP contribution in [0.15, 0.2) is 60.7 Å². The fourth-order valence-corrected chi connectivity index (χ4v) is 2.75. The zero-order valence-corrected chi connectivity index (χ0v) is 14.8. The molecule has 0 radical (unpaired) electrons. The number of rotatable bonds is 5. The van der Waals surface area contributed by atoms with Crippen LogP contribution in [-0.2, 0) is 5.41 Å². The Hall–Kier alpha value is -2.75. The van der Waals surface area contributed by atoms with Crippen LogP contribution in [0.5, 0.6) is 0 Å². The molecular formula is C21H22FN3. The lowest BCUT2D eigenvalue weighted by molar-refractivity contribution is 0.552. The number of halogens is 1. The number of aromatic nitrogens is 2. The highest BCUT2D eigenvalue weighted by molar-refractivity contribution is 5.63. The van der Waals surface area contributed by atoms with Crippen LogP contribution < -0.4 is 5.32 Å². The van der Waals surface area contributed by atoms with Gasteiger partial charge >= 0.3 is 0 Å². The van der Waals surface area contributed by atoms with Crippen molar-refractivity contribution >= 4 is 5.82 Å². The molecule has 25 heavy (non-hydrogen) atoms. The smallest absolute Gasteiger partial charge is 0.148 e. The van der Waals surface area contributed by atoms with Gasteiger partial charge in [0.1, 0.15) is 11.6 Å². The standard InChI is InChI=1S/C21H22FN3/c1-15-6-4-5-7-18(15)19-12-13-20(25-24-19)23-14-21(2,3)16-8-10-17(22)11-9-16/h4-13H,14H2,1-3H3,(H,23,25). The SMILES string of the molecule is Cc1ccccc1-c1ccc(NCC(C)(C)c2ccc(F)cc2)nn1. The highest BCUT2D eigenvalue weighted by Gasteiger charge is 2.20. The molecule has 0 amide bonds. The number of nitrogens with one attached hydrogen (secondary N) is 1. The number of nitrogens with zero attached hydrogens (tertiary/aromatic N) is 2. The molecule has 0 spiro atoms. The van der Waals surface area contributed by atoms with Gasteiger partial charge in [-0.05, 0) is 42.3 Å². The molecule has 3 rings (SSSR count). The molecule has 3 nitrogen and oxygen atoms in total. The van der Waals surface area contributed by atoms with Crippen LogP contribution in [0.4, 0.5) is 10.2 Å². The van der Waals surface area contributed by atoms with E-state index in [-0.39, 0.29) is 11.2 Å². The van der Waals surface area contributed by atoms with E-state index in [9.17, 15) is 4.39 Å². The van der Waals surface area contributed by atoms with Gasteiger partial charge in [0, 0.05) is 17.5 Å². The van der Waals surface area contributed by atoms with Gasteiger partial charge in [0.15, 0.2) is 0 Å². The molecule has 0 atom stereocenters. The first-order chi connectivity index (χ1) is 12.0. The zero-order valence-electron chi connectivity index (χ0n) is 14.8. The van der Waals surface area contributed by atoms with E-state index in [2.05, 4.69) is 42.4 Å². The van der Waals surface area contributed by atoms with E-state index in [0.717, 1.165) is 22.6 Å². The van der Waals surface area contributed by atoms with Gasteiger partial charge in [0.25, 0.3) is 0 Å². The van der Waals surface area contributed by atoms with E-state index in [1.54, 1.807) is 0 Å². The molecule has 0 bridgehead atoms. The first-order valence-corrected chi connectivity index (χ1v) is 8.35. The van der Waals surface area contributed by atoms with Gasteiger partial charge in [-0.25, -0.2) is 4.39 Å². The summed E-state index contributed by atoms with van der Waals surface area (Å²) in [5.41, 5.74) is 4.06. The molecule has 0 aliphatic heterocycles. The maximum atomic E-state index is 13.1. The molecule has 0 unspecified atom stereocenters. The summed E-state index contributed by atoms with van der Waals surface area (Å²) in [5, 5.41) is 11.9. The van der Waals surface area contributed by atoms with Crippen LogP contribution in [0.3, 0.4) is 0 Å². The van der Waals surface area contributed by atoms with E-state index in [1.165, 1.54) is 17.7 Å². The number of aryl methyl sites for hydroxylation is 1. The van der Waals surface area contributed by atoms with Gasteiger partial charge in [0.05, 0.1) is 5.69 Å². The van der Waals surface area contributed by atoms with Gasteiger partial charge in [-0.15, -0.1) is 10.2 Å². The van der Waals surface area contributed by atoms with E-state index >= 15 is 0 Å². The minimum atomic E-state index is -0.217. The normalized spacial score (nSPS) is 11.4. The molecule has 1 N–H and O–H groups in total. The Morgan fingerprint density at radius 1 is 0.920 bits per heavy atom. The number of benzene rings is 2. The van der Waals surface area contributed by atoms with Gasteiger partial charge < -0.3 is 5.32 Å². The van der Waals surface area contributed by atoms with Crippen molar-refractivity contribution in [3.63, 3.8) is 0 Å². The first-order valence-electron chi connectivity index (χ1n) is 8.35. The van der Waals surface area contributed by atoms with E-state index in [1.807, 2.05) is 42.5 Å². The minimum Gasteiger partial charge on any atom is -0.368 e.